The van der Waals surface area contributed by atoms with Crippen molar-refractivity contribution in [2.75, 3.05) is 0 Å². The van der Waals surface area contributed by atoms with E-state index in [4.69, 9.17) is 5.73 Å². The zero-order chi connectivity index (χ0) is 10.9. The topological polar surface area (TPSA) is 26.0 Å². The highest BCUT2D eigenvalue weighted by atomic mass is 14.8. The Bertz CT molecular complexity index is 213. The maximum absolute atomic E-state index is 6.64. The van der Waals surface area contributed by atoms with Gasteiger partial charge in [0.25, 0.3) is 0 Å². The number of hydrogen-bond acceptors (Lipinski definition) is 1. The summed E-state index contributed by atoms with van der Waals surface area (Å²) in [7, 11) is 0. The molecule has 2 N–H and O–H groups in total. The molecule has 2 aliphatic rings. The summed E-state index contributed by atoms with van der Waals surface area (Å²) in [5.41, 5.74) is 6.86. The average molecular weight is 209 g/mol. The molecular formula is C14H27N. The Balaban J connectivity index is 1.97. The van der Waals surface area contributed by atoms with Gasteiger partial charge in [-0.25, -0.2) is 0 Å². The van der Waals surface area contributed by atoms with Crippen molar-refractivity contribution in [3.8, 4) is 0 Å². The summed E-state index contributed by atoms with van der Waals surface area (Å²) in [6.45, 7) is 4.71. The van der Waals surface area contributed by atoms with Crippen molar-refractivity contribution in [3.05, 3.63) is 0 Å². The molecule has 0 aliphatic heterocycles. The van der Waals surface area contributed by atoms with Crippen LogP contribution < -0.4 is 5.73 Å². The third-order valence-corrected chi connectivity index (χ3v) is 5.00. The quantitative estimate of drug-likeness (QED) is 0.737. The fourth-order valence-electron chi connectivity index (χ4n) is 3.92. The van der Waals surface area contributed by atoms with E-state index in [1.165, 1.54) is 51.4 Å². The smallest absolute Gasteiger partial charge is 0.0185 e. The van der Waals surface area contributed by atoms with Gasteiger partial charge in [0, 0.05) is 5.54 Å². The van der Waals surface area contributed by atoms with Crippen LogP contribution in [0.25, 0.3) is 0 Å². The summed E-state index contributed by atoms with van der Waals surface area (Å²) < 4.78 is 0. The van der Waals surface area contributed by atoms with E-state index in [1.54, 1.807) is 0 Å². The number of rotatable bonds is 2. The molecule has 88 valence electrons. The van der Waals surface area contributed by atoms with Gasteiger partial charge in [0.2, 0.25) is 0 Å². The lowest BCUT2D eigenvalue weighted by Gasteiger charge is -2.40. The Kier molecular flexibility index (Phi) is 3.39. The molecule has 0 spiro atoms. The molecule has 0 aromatic rings. The van der Waals surface area contributed by atoms with Crippen molar-refractivity contribution in [1.29, 1.82) is 0 Å². The van der Waals surface area contributed by atoms with Crippen LogP contribution >= 0.6 is 0 Å². The first kappa shape index (κ1) is 11.4. The van der Waals surface area contributed by atoms with Crippen molar-refractivity contribution in [2.24, 2.45) is 23.5 Å². The molecule has 4 atom stereocenters. The van der Waals surface area contributed by atoms with Crippen molar-refractivity contribution in [1.82, 2.24) is 0 Å². The highest BCUT2D eigenvalue weighted by Gasteiger charge is 2.41. The molecule has 2 saturated carbocycles. The Morgan fingerprint density at radius 1 is 1.27 bits per heavy atom. The molecule has 4 unspecified atom stereocenters. The molecule has 15 heavy (non-hydrogen) atoms. The highest BCUT2D eigenvalue weighted by molar-refractivity contribution is 4.99. The van der Waals surface area contributed by atoms with Gasteiger partial charge in [0.1, 0.15) is 0 Å². The van der Waals surface area contributed by atoms with Crippen molar-refractivity contribution in [3.63, 3.8) is 0 Å². The minimum Gasteiger partial charge on any atom is -0.325 e. The van der Waals surface area contributed by atoms with E-state index in [0.717, 1.165) is 17.8 Å². The molecule has 1 nitrogen and oxygen atoms in total. The fraction of sp³-hybridized carbons (Fsp3) is 1.00. The van der Waals surface area contributed by atoms with E-state index in [0.29, 0.717) is 0 Å². The second-order valence-electron chi connectivity index (χ2n) is 6.22. The van der Waals surface area contributed by atoms with Gasteiger partial charge in [-0.3, -0.25) is 0 Å². The van der Waals surface area contributed by atoms with Crippen molar-refractivity contribution < 1.29 is 0 Å². The molecule has 1 heteroatoms. The minimum atomic E-state index is 0.216. The van der Waals surface area contributed by atoms with Gasteiger partial charge < -0.3 is 5.73 Å². The van der Waals surface area contributed by atoms with Crippen LogP contribution in [0.5, 0.6) is 0 Å². The van der Waals surface area contributed by atoms with Crippen LogP contribution in [0.4, 0.5) is 0 Å². The van der Waals surface area contributed by atoms with Gasteiger partial charge in [-0.05, 0) is 49.9 Å². The van der Waals surface area contributed by atoms with E-state index < -0.39 is 0 Å². The molecule has 0 heterocycles. The summed E-state index contributed by atoms with van der Waals surface area (Å²) in [5, 5.41) is 0. The van der Waals surface area contributed by atoms with E-state index in [9.17, 15) is 0 Å². The normalized spacial score (nSPS) is 47.0. The second-order valence-corrected chi connectivity index (χ2v) is 6.22. The summed E-state index contributed by atoms with van der Waals surface area (Å²) in [6, 6.07) is 0. The van der Waals surface area contributed by atoms with Crippen molar-refractivity contribution >= 4 is 0 Å². The Labute approximate surface area is 94.8 Å². The first-order chi connectivity index (χ1) is 7.14. The SMILES string of the molecule is CCC1CCCC(C2(N)CCC(C)C2)C1. The Hall–Kier alpha value is -0.0400. The first-order valence-electron chi connectivity index (χ1n) is 6.93. The highest BCUT2D eigenvalue weighted by Crippen LogP contribution is 2.45. The van der Waals surface area contributed by atoms with Crippen molar-refractivity contribution in [2.45, 2.75) is 70.8 Å². The molecule has 2 aliphatic carbocycles. The van der Waals surface area contributed by atoms with Crippen LogP contribution in [0.1, 0.15) is 65.2 Å². The minimum absolute atomic E-state index is 0.216. The molecule has 0 radical (unpaired) electrons. The second kappa shape index (κ2) is 4.45. The first-order valence-corrected chi connectivity index (χ1v) is 6.93. The zero-order valence-electron chi connectivity index (χ0n) is 10.5. The lowest BCUT2D eigenvalue weighted by molar-refractivity contribution is 0.161. The molecule has 0 aromatic heterocycles. The van der Waals surface area contributed by atoms with E-state index >= 15 is 0 Å². The standard InChI is InChI=1S/C14H27N/c1-3-12-5-4-6-13(9-12)14(15)8-7-11(2)10-14/h11-13H,3-10,15H2,1-2H3. The summed E-state index contributed by atoms with van der Waals surface area (Å²) >= 11 is 0. The Morgan fingerprint density at radius 3 is 2.67 bits per heavy atom. The molecule has 0 bridgehead atoms. The van der Waals surface area contributed by atoms with Crippen LogP contribution in [0.3, 0.4) is 0 Å². The summed E-state index contributed by atoms with van der Waals surface area (Å²) in [6.07, 6.45) is 11.0. The predicted molar refractivity (Wildman–Crippen MR) is 65.7 cm³/mol. The van der Waals surface area contributed by atoms with Crippen LogP contribution in [-0.2, 0) is 0 Å². The lowest BCUT2D eigenvalue weighted by atomic mass is 9.70. The fourth-order valence-corrected chi connectivity index (χ4v) is 3.92. The van der Waals surface area contributed by atoms with Gasteiger partial charge in [-0.2, -0.15) is 0 Å². The van der Waals surface area contributed by atoms with E-state index in [-0.39, 0.29) is 5.54 Å². The zero-order valence-corrected chi connectivity index (χ0v) is 10.5. The van der Waals surface area contributed by atoms with Gasteiger partial charge in [0.15, 0.2) is 0 Å². The van der Waals surface area contributed by atoms with Gasteiger partial charge in [0.05, 0.1) is 0 Å². The largest absolute Gasteiger partial charge is 0.325 e. The monoisotopic (exact) mass is 209 g/mol. The van der Waals surface area contributed by atoms with Crippen LogP contribution in [0, 0.1) is 17.8 Å². The third kappa shape index (κ3) is 2.38. The molecule has 0 saturated heterocycles. The molecule has 0 aromatic carbocycles. The van der Waals surface area contributed by atoms with Crippen LogP contribution in [0.2, 0.25) is 0 Å². The molecule has 2 rings (SSSR count). The lowest BCUT2D eigenvalue weighted by Crippen LogP contribution is -2.46. The number of nitrogens with two attached hydrogens (primary N) is 1. The average Bonchev–Trinajstić information content (AvgIpc) is 2.60. The summed E-state index contributed by atoms with van der Waals surface area (Å²) in [5.74, 6) is 2.68. The number of hydrogen-bond donors (Lipinski definition) is 1. The van der Waals surface area contributed by atoms with Crippen LogP contribution in [-0.4, -0.2) is 5.54 Å². The van der Waals surface area contributed by atoms with Gasteiger partial charge in [-0.15, -0.1) is 0 Å². The maximum Gasteiger partial charge on any atom is 0.0185 e. The van der Waals surface area contributed by atoms with Gasteiger partial charge in [-0.1, -0.05) is 33.1 Å². The van der Waals surface area contributed by atoms with E-state index in [1.807, 2.05) is 0 Å². The molecule has 0 amide bonds. The van der Waals surface area contributed by atoms with Crippen LogP contribution in [0.15, 0.2) is 0 Å². The van der Waals surface area contributed by atoms with Gasteiger partial charge >= 0.3 is 0 Å². The molecule has 2 fully saturated rings. The Morgan fingerprint density at radius 2 is 2.07 bits per heavy atom. The van der Waals surface area contributed by atoms with E-state index in [2.05, 4.69) is 13.8 Å². The maximum atomic E-state index is 6.64. The summed E-state index contributed by atoms with van der Waals surface area (Å²) in [4.78, 5) is 0. The predicted octanol–water partition coefficient (Wildman–Crippen LogP) is 3.72. The third-order valence-electron chi connectivity index (χ3n) is 5.00. The molecular weight excluding hydrogens is 182 g/mol.